The zero-order valence-electron chi connectivity index (χ0n) is 6.51. The smallest absolute Gasteiger partial charge is 0.0515 e. The number of thiophene rings is 1. The number of halogens is 1. The maximum atomic E-state index is 5.78. The van der Waals surface area contributed by atoms with Crippen LogP contribution in [0, 0.1) is 0 Å². The second kappa shape index (κ2) is 4.10. The summed E-state index contributed by atoms with van der Waals surface area (Å²) < 4.78 is 0. The molecule has 1 atom stereocenters. The van der Waals surface area contributed by atoms with E-state index in [1.807, 2.05) is 11.4 Å². The molecule has 1 heterocycles. The van der Waals surface area contributed by atoms with Crippen molar-refractivity contribution in [3.63, 3.8) is 0 Å². The van der Waals surface area contributed by atoms with Gasteiger partial charge in [0.25, 0.3) is 0 Å². The van der Waals surface area contributed by atoms with Gasteiger partial charge < -0.3 is 5.73 Å². The van der Waals surface area contributed by atoms with Crippen molar-refractivity contribution in [2.24, 2.45) is 5.73 Å². The van der Waals surface area contributed by atoms with Crippen LogP contribution < -0.4 is 5.73 Å². The lowest BCUT2D eigenvalue weighted by molar-refractivity contribution is 0.652. The predicted molar refractivity (Wildman–Crippen MR) is 51.3 cm³/mol. The van der Waals surface area contributed by atoms with Gasteiger partial charge in [0.1, 0.15) is 0 Å². The molecule has 0 saturated heterocycles. The molecule has 0 aliphatic rings. The van der Waals surface area contributed by atoms with E-state index in [0.29, 0.717) is 0 Å². The Kier molecular flexibility index (Phi) is 3.37. The van der Waals surface area contributed by atoms with Gasteiger partial charge in [0.15, 0.2) is 0 Å². The Morgan fingerprint density at radius 3 is 2.91 bits per heavy atom. The van der Waals surface area contributed by atoms with Gasteiger partial charge in [-0.25, -0.2) is 0 Å². The van der Waals surface area contributed by atoms with Crippen molar-refractivity contribution in [3.8, 4) is 0 Å². The van der Waals surface area contributed by atoms with Crippen LogP contribution in [-0.4, -0.2) is 6.04 Å². The Balaban J connectivity index is 2.50. The summed E-state index contributed by atoms with van der Waals surface area (Å²) >= 11 is 7.44. The molecule has 0 aliphatic heterocycles. The highest BCUT2D eigenvalue weighted by Gasteiger charge is 2.02. The van der Waals surface area contributed by atoms with Crippen LogP contribution in [0.15, 0.2) is 11.4 Å². The van der Waals surface area contributed by atoms with Gasteiger partial charge >= 0.3 is 0 Å². The monoisotopic (exact) mass is 189 g/mol. The number of hydrogen-bond donors (Lipinski definition) is 1. The van der Waals surface area contributed by atoms with E-state index >= 15 is 0 Å². The second-order valence-corrected chi connectivity index (χ2v) is 4.04. The van der Waals surface area contributed by atoms with Crippen molar-refractivity contribution in [1.29, 1.82) is 0 Å². The fourth-order valence-corrected chi connectivity index (χ4v) is 2.03. The first-order chi connectivity index (χ1) is 5.22. The zero-order valence-corrected chi connectivity index (χ0v) is 8.08. The topological polar surface area (TPSA) is 26.0 Å². The third kappa shape index (κ3) is 2.81. The Labute approximate surface area is 76.2 Å². The van der Waals surface area contributed by atoms with Crippen molar-refractivity contribution in [2.75, 3.05) is 0 Å². The van der Waals surface area contributed by atoms with Gasteiger partial charge in [0, 0.05) is 16.3 Å². The van der Waals surface area contributed by atoms with Crippen LogP contribution in [0.1, 0.15) is 18.2 Å². The van der Waals surface area contributed by atoms with Crippen molar-refractivity contribution in [3.05, 3.63) is 21.3 Å². The van der Waals surface area contributed by atoms with E-state index < -0.39 is 0 Å². The van der Waals surface area contributed by atoms with Crippen LogP contribution in [0.25, 0.3) is 0 Å². The molecule has 0 aromatic carbocycles. The second-order valence-electron chi connectivity index (χ2n) is 2.60. The molecule has 0 radical (unpaired) electrons. The summed E-state index contributed by atoms with van der Waals surface area (Å²) in [6.45, 7) is 2.10. The standard InChI is InChI=1S/C8H12ClNS/c1-2-7(10)4-8-3-6(9)5-11-8/h3,5,7H,2,4,10H2,1H3. The number of hydrogen-bond acceptors (Lipinski definition) is 2. The van der Waals surface area contributed by atoms with Crippen molar-refractivity contribution in [2.45, 2.75) is 25.8 Å². The molecule has 0 aliphatic carbocycles. The normalized spacial score (nSPS) is 13.4. The van der Waals surface area contributed by atoms with Crippen molar-refractivity contribution in [1.82, 2.24) is 0 Å². The highest BCUT2D eigenvalue weighted by Crippen LogP contribution is 2.20. The average molecular weight is 190 g/mol. The maximum absolute atomic E-state index is 5.78. The molecule has 11 heavy (non-hydrogen) atoms. The quantitative estimate of drug-likeness (QED) is 0.778. The summed E-state index contributed by atoms with van der Waals surface area (Å²) in [4.78, 5) is 1.28. The average Bonchev–Trinajstić information content (AvgIpc) is 2.35. The van der Waals surface area contributed by atoms with E-state index in [0.717, 1.165) is 17.9 Å². The summed E-state index contributed by atoms with van der Waals surface area (Å²) in [5.41, 5.74) is 5.78. The van der Waals surface area contributed by atoms with Gasteiger partial charge in [-0.3, -0.25) is 0 Å². The lowest BCUT2D eigenvalue weighted by atomic mass is 10.1. The molecule has 3 heteroatoms. The fourth-order valence-electron chi connectivity index (χ4n) is 0.864. The summed E-state index contributed by atoms with van der Waals surface area (Å²) in [6.07, 6.45) is 1.98. The summed E-state index contributed by atoms with van der Waals surface area (Å²) in [5, 5.41) is 2.77. The minimum absolute atomic E-state index is 0.282. The van der Waals surface area contributed by atoms with Crippen LogP contribution in [0.3, 0.4) is 0 Å². The van der Waals surface area contributed by atoms with Crippen molar-refractivity contribution >= 4 is 22.9 Å². The summed E-state index contributed by atoms with van der Waals surface area (Å²) in [7, 11) is 0. The van der Waals surface area contributed by atoms with Gasteiger partial charge in [0.2, 0.25) is 0 Å². The van der Waals surface area contributed by atoms with E-state index in [9.17, 15) is 0 Å². The lowest BCUT2D eigenvalue weighted by Crippen LogP contribution is -2.20. The minimum atomic E-state index is 0.282. The van der Waals surface area contributed by atoms with Gasteiger partial charge in [-0.2, -0.15) is 0 Å². The predicted octanol–water partition coefficient (Wildman–Crippen LogP) is 2.68. The van der Waals surface area contributed by atoms with Gasteiger partial charge in [-0.1, -0.05) is 18.5 Å². The molecular formula is C8H12ClNS. The third-order valence-corrected chi connectivity index (χ3v) is 2.92. The summed E-state index contributed by atoms with van der Waals surface area (Å²) in [6, 6.07) is 2.27. The van der Waals surface area contributed by atoms with Crippen molar-refractivity contribution < 1.29 is 0 Å². The Morgan fingerprint density at radius 2 is 2.45 bits per heavy atom. The minimum Gasteiger partial charge on any atom is -0.327 e. The Morgan fingerprint density at radius 1 is 1.73 bits per heavy atom. The van der Waals surface area contributed by atoms with Crippen LogP contribution in [-0.2, 0) is 6.42 Å². The van der Waals surface area contributed by atoms with Gasteiger partial charge in [0.05, 0.1) is 5.02 Å². The molecular weight excluding hydrogens is 178 g/mol. The van der Waals surface area contributed by atoms with E-state index in [2.05, 4.69) is 6.92 Å². The molecule has 1 aromatic heterocycles. The van der Waals surface area contributed by atoms with E-state index in [-0.39, 0.29) is 6.04 Å². The molecule has 0 fully saturated rings. The zero-order chi connectivity index (χ0) is 8.27. The number of rotatable bonds is 3. The SMILES string of the molecule is CCC(N)Cc1cc(Cl)cs1. The fraction of sp³-hybridized carbons (Fsp3) is 0.500. The van der Waals surface area contributed by atoms with Gasteiger partial charge in [-0.05, 0) is 18.9 Å². The van der Waals surface area contributed by atoms with Crippen LogP contribution >= 0.6 is 22.9 Å². The highest BCUT2D eigenvalue weighted by atomic mass is 35.5. The lowest BCUT2D eigenvalue weighted by Gasteiger charge is -2.04. The maximum Gasteiger partial charge on any atom is 0.0515 e. The van der Waals surface area contributed by atoms with Gasteiger partial charge in [-0.15, -0.1) is 11.3 Å². The molecule has 1 rings (SSSR count). The summed E-state index contributed by atoms with van der Waals surface area (Å²) in [5.74, 6) is 0. The molecule has 2 N–H and O–H groups in total. The van der Waals surface area contributed by atoms with Crippen LogP contribution in [0.4, 0.5) is 0 Å². The third-order valence-electron chi connectivity index (χ3n) is 1.61. The highest BCUT2D eigenvalue weighted by molar-refractivity contribution is 7.10. The Hall–Kier alpha value is -0.0500. The first-order valence-electron chi connectivity index (χ1n) is 3.71. The molecule has 1 nitrogen and oxygen atoms in total. The largest absolute Gasteiger partial charge is 0.327 e. The molecule has 0 bridgehead atoms. The Bertz CT molecular complexity index is 222. The molecule has 62 valence electrons. The van der Waals surface area contributed by atoms with E-state index in [4.69, 9.17) is 17.3 Å². The first-order valence-corrected chi connectivity index (χ1v) is 4.96. The van der Waals surface area contributed by atoms with Crippen LogP contribution in [0.5, 0.6) is 0 Å². The number of nitrogens with two attached hydrogens (primary N) is 1. The molecule has 0 saturated carbocycles. The van der Waals surface area contributed by atoms with Crippen LogP contribution in [0.2, 0.25) is 5.02 Å². The van der Waals surface area contributed by atoms with E-state index in [1.54, 1.807) is 11.3 Å². The molecule has 0 spiro atoms. The molecule has 1 aromatic rings. The molecule has 0 amide bonds. The molecule has 1 unspecified atom stereocenters. The van der Waals surface area contributed by atoms with E-state index in [1.165, 1.54) is 4.88 Å². The first kappa shape index (κ1) is 9.04.